The topological polar surface area (TPSA) is 50.8 Å². The Labute approximate surface area is 143 Å². The van der Waals surface area contributed by atoms with Gasteiger partial charge in [-0.2, -0.15) is 0 Å². The molecule has 0 unspecified atom stereocenters. The first-order valence-corrected chi connectivity index (χ1v) is 8.03. The molecule has 2 amide bonds. The van der Waals surface area contributed by atoms with Gasteiger partial charge < -0.3 is 14.8 Å². The van der Waals surface area contributed by atoms with Crippen molar-refractivity contribution in [3.05, 3.63) is 54.1 Å². The summed E-state index contributed by atoms with van der Waals surface area (Å²) in [6, 6.07) is 15.1. The van der Waals surface area contributed by atoms with E-state index in [2.05, 4.69) is 5.32 Å². The number of nitrogens with one attached hydrogen (secondary N) is 1. The van der Waals surface area contributed by atoms with Crippen molar-refractivity contribution in [2.45, 2.75) is 13.8 Å². The number of anilines is 1. The molecule has 0 fully saturated rings. The summed E-state index contributed by atoms with van der Waals surface area (Å²) in [4.78, 5) is 14.0. The molecule has 0 heterocycles. The Kier molecular flexibility index (Phi) is 6.49. The summed E-state index contributed by atoms with van der Waals surface area (Å²) in [5.74, 6) is 1.53. The average molecular weight is 328 g/mol. The summed E-state index contributed by atoms with van der Waals surface area (Å²) >= 11 is 0. The number of carbonyl (C=O) groups excluding carboxylic acids is 1. The number of hydrogen-bond acceptors (Lipinski definition) is 3. The molecule has 5 heteroatoms. The summed E-state index contributed by atoms with van der Waals surface area (Å²) in [5.41, 5.74) is 2.02. The number of nitrogens with zero attached hydrogens (tertiary/aromatic N) is 1. The van der Waals surface area contributed by atoms with Crippen molar-refractivity contribution in [1.82, 2.24) is 5.32 Å². The van der Waals surface area contributed by atoms with Gasteiger partial charge in [0, 0.05) is 12.2 Å². The van der Waals surface area contributed by atoms with E-state index >= 15 is 0 Å². The van der Waals surface area contributed by atoms with Gasteiger partial charge in [-0.05, 0) is 55.8 Å². The average Bonchev–Trinajstić information content (AvgIpc) is 2.60. The Morgan fingerprint density at radius 3 is 2.46 bits per heavy atom. The number of urea groups is 1. The van der Waals surface area contributed by atoms with Gasteiger partial charge >= 0.3 is 6.03 Å². The van der Waals surface area contributed by atoms with E-state index in [9.17, 15) is 4.79 Å². The van der Waals surface area contributed by atoms with E-state index in [4.69, 9.17) is 9.47 Å². The van der Waals surface area contributed by atoms with Crippen LogP contribution in [0.4, 0.5) is 10.5 Å². The lowest BCUT2D eigenvalue weighted by Gasteiger charge is -2.22. The fourth-order valence-electron chi connectivity index (χ4n) is 2.33. The molecule has 5 nitrogen and oxygen atoms in total. The SMILES string of the molecule is CCN(C(=O)NCCOc1ccc(OC)cc1)c1cccc(C)c1. The van der Waals surface area contributed by atoms with Gasteiger partial charge in [-0.1, -0.05) is 12.1 Å². The zero-order chi connectivity index (χ0) is 17.4. The smallest absolute Gasteiger partial charge is 0.321 e. The van der Waals surface area contributed by atoms with Gasteiger partial charge in [0.2, 0.25) is 0 Å². The molecule has 128 valence electrons. The number of rotatable bonds is 7. The van der Waals surface area contributed by atoms with Gasteiger partial charge in [-0.15, -0.1) is 0 Å². The third-order valence-corrected chi connectivity index (χ3v) is 3.58. The van der Waals surface area contributed by atoms with Gasteiger partial charge in [0.15, 0.2) is 0 Å². The number of benzene rings is 2. The lowest BCUT2D eigenvalue weighted by Crippen LogP contribution is -2.41. The number of carbonyl (C=O) groups is 1. The zero-order valence-corrected chi connectivity index (χ0v) is 14.4. The highest BCUT2D eigenvalue weighted by molar-refractivity contribution is 5.91. The van der Waals surface area contributed by atoms with Crippen LogP contribution in [0.1, 0.15) is 12.5 Å². The second-order valence-electron chi connectivity index (χ2n) is 5.34. The molecule has 0 aliphatic heterocycles. The molecule has 0 saturated heterocycles. The Morgan fingerprint density at radius 1 is 1.12 bits per heavy atom. The van der Waals surface area contributed by atoms with Crippen LogP contribution < -0.4 is 19.7 Å². The Balaban J connectivity index is 1.80. The molecular formula is C19H24N2O3. The van der Waals surface area contributed by atoms with Gasteiger partial charge in [0.25, 0.3) is 0 Å². The molecule has 0 spiro atoms. The number of hydrogen-bond donors (Lipinski definition) is 1. The standard InChI is InChI=1S/C19H24N2O3/c1-4-21(16-7-5-6-15(2)14-16)19(22)20-12-13-24-18-10-8-17(23-3)9-11-18/h5-11,14H,4,12-13H2,1-3H3,(H,20,22). The highest BCUT2D eigenvalue weighted by atomic mass is 16.5. The highest BCUT2D eigenvalue weighted by Crippen LogP contribution is 2.17. The second kappa shape index (κ2) is 8.82. The van der Waals surface area contributed by atoms with Crippen molar-refractivity contribution in [3.8, 4) is 11.5 Å². The number of aryl methyl sites for hydroxylation is 1. The summed E-state index contributed by atoms with van der Waals surface area (Å²) in [5, 5.41) is 2.88. The molecule has 2 aromatic carbocycles. The molecule has 0 aliphatic carbocycles. The van der Waals surface area contributed by atoms with Crippen LogP contribution in [0.3, 0.4) is 0 Å². The first-order chi connectivity index (χ1) is 11.6. The van der Waals surface area contributed by atoms with Crippen LogP contribution in [0.2, 0.25) is 0 Å². The van der Waals surface area contributed by atoms with Crippen molar-refractivity contribution in [2.75, 3.05) is 31.7 Å². The molecular weight excluding hydrogens is 304 g/mol. The van der Waals surface area contributed by atoms with Crippen LogP contribution in [0.5, 0.6) is 11.5 Å². The Morgan fingerprint density at radius 2 is 1.83 bits per heavy atom. The van der Waals surface area contributed by atoms with Crippen LogP contribution in [0.25, 0.3) is 0 Å². The monoisotopic (exact) mass is 328 g/mol. The van der Waals surface area contributed by atoms with E-state index < -0.39 is 0 Å². The van der Waals surface area contributed by atoms with Crippen molar-refractivity contribution < 1.29 is 14.3 Å². The van der Waals surface area contributed by atoms with Crippen molar-refractivity contribution in [3.63, 3.8) is 0 Å². The van der Waals surface area contributed by atoms with Gasteiger partial charge in [-0.3, -0.25) is 4.90 Å². The zero-order valence-electron chi connectivity index (χ0n) is 14.4. The van der Waals surface area contributed by atoms with E-state index in [0.29, 0.717) is 19.7 Å². The lowest BCUT2D eigenvalue weighted by atomic mass is 10.2. The normalized spacial score (nSPS) is 10.1. The first-order valence-electron chi connectivity index (χ1n) is 8.03. The minimum atomic E-state index is -0.124. The number of methoxy groups -OCH3 is 1. The van der Waals surface area contributed by atoms with E-state index in [0.717, 1.165) is 22.7 Å². The Hall–Kier alpha value is -2.69. The van der Waals surface area contributed by atoms with Gasteiger partial charge in [0.1, 0.15) is 18.1 Å². The molecule has 1 N–H and O–H groups in total. The minimum Gasteiger partial charge on any atom is -0.497 e. The summed E-state index contributed by atoms with van der Waals surface area (Å²) in [7, 11) is 1.62. The van der Waals surface area contributed by atoms with Crippen LogP contribution in [0, 0.1) is 6.92 Å². The molecule has 0 radical (unpaired) electrons. The summed E-state index contributed by atoms with van der Waals surface area (Å²) in [6.45, 7) is 5.42. The maximum absolute atomic E-state index is 12.3. The lowest BCUT2D eigenvalue weighted by molar-refractivity contribution is 0.242. The maximum atomic E-state index is 12.3. The molecule has 24 heavy (non-hydrogen) atoms. The van der Waals surface area contributed by atoms with Gasteiger partial charge in [-0.25, -0.2) is 4.79 Å². The van der Waals surface area contributed by atoms with Crippen molar-refractivity contribution >= 4 is 11.7 Å². The van der Waals surface area contributed by atoms with E-state index in [1.807, 2.05) is 62.4 Å². The molecule has 0 atom stereocenters. The molecule has 2 aromatic rings. The van der Waals surface area contributed by atoms with E-state index in [1.165, 1.54) is 0 Å². The first kappa shape index (κ1) is 17.7. The predicted octanol–water partition coefficient (Wildman–Crippen LogP) is 3.62. The van der Waals surface area contributed by atoms with Crippen LogP contribution in [-0.4, -0.2) is 32.8 Å². The number of ether oxygens (including phenoxy) is 2. The molecule has 0 saturated carbocycles. The second-order valence-corrected chi connectivity index (χ2v) is 5.34. The van der Waals surface area contributed by atoms with Crippen molar-refractivity contribution in [1.29, 1.82) is 0 Å². The summed E-state index contributed by atoms with van der Waals surface area (Å²) in [6.07, 6.45) is 0. The molecule has 0 bridgehead atoms. The maximum Gasteiger partial charge on any atom is 0.321 e. The van der Waals surface area contributed by atoms with Crippen LogP contribution in [0.15, 0.2) is 48.5 Å². The van der Waals surface area contributed by atoms with E-state index in [1.54, 1.807) is 12.0 Å². The van der Waals surface area contributed by atoms with Crippen LogP contribution >= 0.6 is 0 Å². The quantitative estimate of drug-likeness (QED) is 0.790. The Bertz CT molecular complexity index is 656. The largest absolute Gasteiger partial charge is 0.497 e. The minimum absolute atomic E-state index is 0.124. The highest BCUT2D eigenvalue weighted by Gasteiger charge is 2.13. The molecule has 2 rings (SSSR count). The number of amides is 2. The predicted molar refractivity (Wildman–Crippen MR) is 96.1 cm³/mol. The molecule has 0 aliphatic rings. The third-order valence-electron chi connectivity index (χ3n) is 3.58. The fourth-order valence-corrected chi connectivity index (χ4v) is 2.33. The van der Waals surface area contributed by atoms with E-state index in [-0.39, 0.29) is 6.03 Å². The van der Waals surface area contributed by atoms with Gasteiger partial charge in [0.05, 0.1) is 13.7 Å². The third kappa shape index (κ3) is 4.91. The van der Waals surface area contributed by atoms with Crippen molar-refractivity contribution in [2.24, 2.45) is 0 Å². The summed E-state index contributed by atoms with van der Waals surface area (Å²) < 4.78 is 10.7. The van der Waals surface area contributed by atoms with Crippen LogP contribution in [-0.2, 0) is 0 Å². The molecule has 0 aromatic heterocycles. The fraction of sp³-hybridized carbons (Fsp3) is 0.316.